The third-order valence-corrected chi connectivity index (χ3v) is 2.21. The van der Waals surface area contributed by atoms with E-state index in [1.54, 1.807) is 13.8 Å². The largest absolute Gasteiger partial charge is 0.318 e. The third-order valence-electron chi connectivity index (χ3n) is 2.21. The number of nitrogens with zero attached hydrogens (tertiary/aromatic N) is 1. The molecule has 1 amide bonds. The summed E-state index contributed by atoms with van der Waals surface area (Å²) in [7, 11) is 0. The molecular weight excluding hydrogens is 197 g/mol. The molecule has 0 aliphatic rings. The van der Waals surface area contributed by atoms with Crippen molar-refractivity contribution in [2.45, 2.75) is 25.8 Å². The molecule has 3 N–H and O–H groups in total. The maximum absolute atomic E-state index is 12.7. The van der Waals surface area contributed by atoms with Crippen LogP contribution in [0.15, 0.2) is 18.2 Å². The lowest BCUT2D eigenvalue weighted by molar-refractivity contribution is -0.120. The van der Waals surface area contributed by atoms with Gasteiger partial charge in [-0.25, -0.2) is 4.98 Å². The van der Waals surface area contributed by atoms with E-state index in [0.29, 0.717) is 6.42 Å². The van der Waals surface area contributed by atoms with E-state index in [2.05, 4.69) is 10.3 Å². The van der Waals surface area contributed by atoms with Gasteiger partial charge < -0.3 is 11.1 Å². The van der Waals surface area contributed by atoms with Gasteiger partial charge in [0.1, 0.15) is 5.82 Å². The van der Waals surface area contributed by atoms with E-state index >= 15 is 0 Å². The fraction of sp³-hybridized carbons (Fsp3) is 0.400. The number of anilines is 1. The first kappa shape index (κ1) is 11.6. The molecule has 82 valence electrons. The van der Waals surface area contributed by atoms with Gasteiger partial charge in [0.05, 0.1) is 5.54 Å². The van der Waals surface area contributed by atoms with Crippen LogP contribution in [0.5, 0.6) is 0 Å². The molecule has 0 saturated carbocycles. The number of rotatable bonds is 3. The SMILES string of the molecule is CCC(C)(N)C(=O)Nc1cccc(F)n1. The molecule has 15 heavy (non-hydrogen) atoms. The zero-order valence-corrected chi connectivity index (χ0v) is 8.75. The van der Waals surface area contributed by atoms with Gasteiger partial charge in [-0.3, -0.25) is 4.79 Å². The van der Waals surface area contributed by atoms with E-state index in [9.17, 15) is 9.18 Å². The standard InChI is InChI=1S/C10H14FN3O/c1-3-10(2,12)9(15)14-8-6-4-5-7(11)13-8/h4-6H,3,12H2,1-2H3,(H,13,14,15). The van der Waals surface area contributed by atoms with E-state index in [4.69, 9.17) is 5.73 Å². The minimum atomic E-state index is -0.964. The molecule has 5 heteroatoms. The Morgan fingerprint density at radius 2 is 2.33 bits per heavy atom. The number of nitrogens with one attached hydrogen (secondary N) is 1. The fourth-order valence-electron chi connectivity index (χ4n) is 0.898. The highest BCUT2D eigenvalue weighted by molar-refractivity contribution is 5.96. The maximum atomic E-state index is 12.7. The van der Waals surface area contributed by atoms with Crippen molar-refractivity contribution in [3.63, 3.8) is 0 Å². The quantitative estimate of drug-likeness (QED) is 0.740. The van der Waals surface area contributed by atoms with Gasteiger partial charge in [-0.15, -0.1) is 0 Å². The van der Waals surface area contributed by atoms with Crippen molar-refractivity contribution >= 4 is 11.7 Å². The highest BCUT2D eigenvalue weighted by Gasteiger charge is 2.26. The first-order chi connectivity index (χ1) is 6.95. The van der Waals surface area contributed by atoms with Gasteiger partial charge >= 0.3 is 0 Å². The van der Waals surface area contributed by atoms with E-state index in [1.165, 1.54) is 18.2 Å². The fourth-order valence-corrected chi connectivity index (χ4v) is 0.898. The predicted molar refractivity (Wildman–Crippen MR) is 55.7 cm³/mol. The molecule has 1 heterocycles. The Kier molecular flexibility index (Phi) is 3.36. The first-order valence-corrected chi connectivity index (χ1v) is 4.68. The summed E-state index contributed by atoms with van der Waals surface area (Å²) in [5.74, 6) is -0.837. The van der Waals surface area contributed by atoms with Crippen LogP contribution in [-0.2, 0) is 4.79 Å². The van der Waals surface area contributed by atoms with Crippen molar-refractivity contribution in [2.24, 2.45) is 5.73 Å². The normalized spacial score (nSPS) is 14.4. The van der Waals surface area contributed by atoms with Gasteiger partial charge in [0.25, 0.3) is 0 Å². The number of hydrogen-bond acceptors (Lipinski definition) is 3. The average molecular weight is 211 g/mol. The molecule has 0 spiro atoms. The molecule has 4 nitrogen and oxygen atoms in total. The molecule has 1 aromatic heterocycles. The van der Waals surface area contributed by atoms with Crippen molar-refractivity contribution in [3.05, 3.63) is 24.1 Å². The number of halogens is 1. The van der Waals surface area contributed by atoms with Crippen LogP contribution in [-0.4, -0.2) is 16.4 Å². The van der Waals surface area contributed by atoms with Crippen molar-refractivity contribution in [1.29, 1.82) is 0 Å². The van der Waals surface area contributed by atoms with Crippen LogP contribution in [0.3, 0.4) is 0 Å². The van der Waals surface area contributed by atoms with Crippen LogP contribution in [0.25, 0.3) is 0 Å². The molecule has 0 aliphatic carbocycles. The monoisotopic (exact) mass is 211 g/mol. The van der Waals surface area contributed by atoms with E-state index in [1.807, 2.05) is 0 Å². The zero-order valence-electron chi connectivity index (χ0n) is 8.75. The first-order valence-electron chi connectivity index (χ1n) is 4.68. The Labute approximate surface area is 87.7 Å². The van der Waals surface area contributed by atoms with Crippen molar-refractivity contribution in [3.8, 4) is 0 Å². The summed E-state index contributed by atoms with van der Waals surface area (Å²) in [5, 5.41) is 2.46. The molecule has 1 aromatic rings. The van der Waals surface area contributed by atoms with Crippen molar-refractivity contribution < 1.29 is 9.18 Å². The predicted octanol–water partition coefficient (Wildman–Crippen LogP) is 1.29. The third kappa shape index (κ3) is 2.99. The van der Waals surface area contributed by atoms with Gasteiger partial charge in [0, 0.05) is 0 Å². The van der Waals surface area contributed by atoms with Crippen LogP contribution in [0.1, 0.15) is 20.3 Å². The summed E-state index contributed by atoms with van der Waals surface area (Å²) in [6.45, 7) is 3.42. The molecule has 0 fully saturated rings. The second kappa shape index (κ2) is 4.35. The molecule has 1 atom stereocenters. The molecule has 0 bridgehead atoms. The Bertz CT molecular complexity index is 365. The number of pyridine rings is 1. The van der Waals surface area contributed by atoms with Gasteiger partial charge in [0.15, 0.2) is 0 Å². The highest BCUT2D eigenvalue weighted by atomic mass is 19.1. The molecule has 0 radical (unpaired) electrons. The minimum Gasteiger partial charge on any atom is -0.318 e. The van der Waals surface area contributed by atoms with Crippen LogP contribution in [0.2, 0.25) is 0 Å². The Balaban J connectivity index is 2.75. The lowest BCUT2D eigenvalue weighted by Crippen LogP contribution is -2.47. The zero-order chi connectivity index (χ0) is 11.5. The van der Waals surface area contributed by atoms with Crippen LogP contribution >= 0.6 is 0 Å². The number of amides is 1. The molecule has 0 aromatic carbocycles. The lowest BCUT2D eigenvalue weighted by atomic mass is 10.00. The molecule has 0 aliphatic heterocycles. The number of carbonyl (C=O) groups is 1. The molecule has 1 unspecified atom stereocenters. The molecule has 1 rings (SSSR count). The summed E-state index contributed by atoms with van der Waals surface area (Å²) >= 11 is 0. The smallest absolute Gasteiger partial charge is 0.245 e. The van der Waals surface area contributed by atoms with Crippen LogP contribution in [0, 0.1) is 5.95 Å². The number of carbonyl (C=O) groups excluding carboxylic acids is 1. The Morgan fingerprint density at radius 3 is 2.87 bits per heavy atom. The molecule has 0 saturated heterocycles. The molecular formula is C10H14FN3O. The Morgan fingerprint density at radius 1 is 1.67 bits per heavy atom. The number of nitrogens with two attached hydrogens (primary N) is 1. The highest BCUT2D eigenvalue weighted by Crippen LogP contribution is 2.10. The lowest BCUT2D eigenvalue weighted by Gasteiger charge is -2.20. The minimum absolute atomic E-state index is 0.171. The number of aromatic nitrogens is 1. The van der Waals surface area contributed by atoms with E-state index in [-0.39, 0.29) is 11.7 Å². The summed E-state index contributed by atoms with van der Waals surface area (Å²) < 4.78 is 12.7. The average Bonchev–Trinajstić information content (AvgIpc) is 2.17. The van der Waals surface area contributed by atoms with E-state index in [0.717, 1.165) is 0 Å². The maximum Gasteiger partial charge on any atom is 0.245 e. The van der Waals surface area contributed by atoms with Crippen LogP contribution in [0.4, 0.5) is 10.2 Å². The van der Waals surface area contributed by atoms with Gasteiger partial charge in [-0.1, -0.05) is 13.0 Å². The van der Waals surface area contributed by atoms with Gasteiger partial charge in [-0.2, -0.15) is 4.39 Å². The summed E-state index contributed by atoms with van der Waals surface area (Å²) in [4.78, 5) is 15.1. The van der Waals surface area contributed by atoms with Gasteiger partial charge in [0.2, 0.25) is 11.9 Å². The van der Waals surface area contributed by atoms with Crippen molar-refractivity contribution in [1.82, 2.24) is 4.98 Å². The van der Waals surface area contributed by atoms with Crippen molar-refractivity contribution in [2.75, 3.05) is 5.32 Å². The summed E-state index contributed by atoms with van der Waals surface area (Å²) in [6.07, 6.45) is 0.494. The number of hydrogen-bond donors (Lipinski definition) is 2. The summed E-state index contributed by atoms with van der Waals surface area (Å²) in [5.41, 5.74) is 4.75. The van der Waals surface area contributed by atoms with Crippen LogP contribution < -0.4 is 11.1 Å². The van der Waals surface area contributed by atoms with E-state index < -0.39 is 11.5 Å². The Hall–Kier alpha value is -1.49. The second-order valence-corrected chi connectivity index (χ2v) is 3.57. The topological polar surface area (TPSA) is 68.0 Å². The van der Waals surface area contributed by atoms with Gasteiger partial charge in [-0.05, 0) is 25.5 Å². The second-order valence-electron chi connectivity index (χ2n) is 3.57. The summed E-state index contributed by atoms with van der Waals surface area (Å²) in [6, 6.07) is 4.18.